The van der Waals surface area contributed by atoms with E-state index < -0.39 is 11.9 Å². The molecule has 0 heterocycles. The fourth-order valence-corrected chi connectivity index (χ4v) is 4.36. The number of nitrogens with one attached hydrogen (secondary N) is 1. The lowest BCUT2D eigenvalue weighted by Crippen LogP contribution is -2.24. The molecule has 3 rings (SSSR count). The van der Waals surface area contributed by atoms with Crippen LogP contribution in [0.3, 0.4) is 0 Å². The molecule has 3 aromatic carbocycles. The Hall–Kier alpha value is -2.49. The maximum absolute atomic E-state index is 12.6. The Balaban J connectivity index is 1.69. The third-order valence-corrected chi connectivity index (χ3v) is 5.68. The fraction of sp³-hybridized carbons (Fsp3) is 0.0870. The number of aryl methyl sites for hydroxylation is 1. The van der Waals surface area contributed by atoms with E-state index in [0.717, 1.165) is 14.5 Å². The van der Waals surface area contributed by atoms with Crippen molar-refractivity contribution >= 4 is 65.9 Å². The van der Waals surface area contributed by atoms with Crippen LogP contribution in [0.15, 0.2) is 79.2 Å². The summed E-state index contributed by atoms with van der Waals surface area (Å²) in [7, 11) is 0. The normalized spacial score (nSPS) is 10.8. The number of esters is 1. The lowest BCUT2D eigenvalue weighted by Gasteiger charge is -2.11. The zero-order valence-electron chi connectivity index (χ0n) is 16.8. The fourth-order valence-electron chi connectivity index (χ4n) is 2.62. The summed E-state index contributed by atoms with van der Waals surface area (Å²) in [5, 5.41) is 3.97. The van der Waals surface area contributed by atoms with Crippen molar-refractivity contribution in [3.8, 4) is 11.5 Å². The van der Waals surface area contributed by atoms with Crippen molar-refractivity contribution in [2.45, 2.75) is 6.92 Å². The highest BCUT2D eigenvalue weighted by Crippen LogP contribution is 2.33. The number of para-hydroxylation sites is 1. The molecule has 0 saturated heterocycles. The van der Waals surface area contributed by atoms with Crippen LogP contribution in [0.1, 0.15) is 21.5 Å². The van der Waals surface area contributed by atoms with Gasteiger partial charge in [0.1, 0.15) is 5.75 Å². The first-order valence-corrected chi connectivity index (χ1v) is 11.7. The van der Waals surface area contributed by atoms with E-state index >= 15 is 0 Å². The van der Waals surface area contributed by atoms with E-state index in [1.807, 2.05) is 31.2 Å². The van der Waals surface area contributed by atoms with E-state index in [9.17, 15) is 9.59 Å². The number of amides is 1. The van der Waals surface area contributed by atoms with E-state index in [4.69, 9.17) is 9.47 Å². The molecule has 0 bridgehead atoms. The number of carbonyl (C=O) groups excluding carboxylic acids is 2. The summed E-state index contributed by atoms with van der Waals surface area (Å²) in [6.45, 7) is 1.71. The zero-order valence-corrected chi connectivity index (χ0v) is 21.5. The molecule has 0 aliphatic carbocycles. The van der Waals surface area contributed by atoms with Gasteiger partial charge in [-0.15, -0.1) is 0 Å². The Labute approximate surface area is 210 Å². The Morgan fingerprint density at radius 3 is 2.53 bits per heavy atom. The van der Waals surface area contributed by atoms with Crippen LogP contribution in [0.4, 0.5) is 0 Å². The van der Waals surface area contributed by atoms with Crippen LogP contribution in [0, 0.1) is 6.92 Å². The zero-order chi connectivity index (χ0) is 23.1. The molecule has 0 saturated carbocycles. The second-order valence-electron chi connectivity index (χ2n) is 6.55. The molecule has 9 heteroatoms. The summed E-state index contributed by atoms with van der Waals surface area (Å²) in [5.41, 5.74) is 4.21. The molecule has 1 N–H and O–H groups in total. The molecule has 0 unspecified atom stereocenters. The molecule has 6 nitrogen and oxygen atoms in total. The maximum Gasteiger partial charge on any atom is 0.343 e. The number of benzene rings is 3. The predicted octanol–water partition coefficient (Wildman–Crippen LogP) is 6.03. The monoisotopic (exact) mass is 622 g/mol. The first-order valence-electron chi connectivity index (χ1n) is 9.30. The maximum atomic E-state index is 12.6. The van der Waals surface area contributed by atoms with Crippen molar-refractivity contribution in [3.05, 3.63) is 90.8 Å². The van der Waals surface area contributed by atoms with Crippen LogP contribution in [0.2, 0.25) is 0 Å². The Morgan fingerprint density at radius 1 is 1.00 bits per heavy atom. The lowest BCUT2D eigenvalue weighted by atomic mass is 10.2. The third-order valence-electron chi connectivity index (χ3n) is 4.14. The quantitative estimate of drug-likeness (QED) is 0.151. The second kappa shape index (κ2) is 11.4. The van der Waals surface area contributed by atoms with E-state index in [1.165, 1.54) is 6.21 Å². The highest BCUT2D eigenvalue weighted by Gasteiger charge is 2.15. The molecule has 164 valence electrons. The molecule has 0 radical (unpaired) electrons. The summed E-state index contributed by atoms with van der Waals surface area (Å²) in [6.07, 6.45) is 1.39. The van der Waals surface area contributed by atoms with Gasteiger partial charge in [-0.25, -0.2) is 10.2 Å². The van der Waals surface area contributed by atoms with Gasteiger partial charge in [-0.05, 0) is 64.8 Å². The number of hydrazone groups is 1. The molecule has 32 heavy (non-hydrogen) atoms. The van der Waals surface area contributed by atoms with Gasteiger partial charge in [0, 0.05) is 14.5 Å². The summed E-state index contributed by atoms with van der Waals surface area (Å²) in [6, 6.07) is 17.8. The van der Waals surface area contributed by atoms with Crippen molar-refractivity contribution in [3.63, 3.8) is 0 Å². The van der Waals surface area contributed by atoms with Gasteiger partial charge in [-0.3, -0.25) is 4.79 Å². The SMILES string of the molecule is Cc1ccccc1OCC(=O)N/N=C/c1cc(Br)cc(Br)c1OC(=O)c1cccc(Br)c1. The number of ether oxygens (including phenoxy) is 2. The number of carbonyl (C=O) groups is 2. The van der Waals surface area contributed by atoms with Gasteiger partial charge in [0.15, 0.2) is 12.4 Å². The standard InChI is InChI=1S/C23H17Br3N2O4/c1-14-5-2-3-8-20(14)31-13-21(29)28-27-12-16-10-18(25)11-19(26)22(16)32-23(30)15-6-4-7-17(24)9-15/h2-12H,13H2,1H3,(H,28,29)/b27-12+. The Morgan fingerprint density at radius 2 is 1.78 bits per heavy atom. The van der Waals surface area contributed by atoms with Crippen LogP contribution in [-0.2, 0) is 4.79 Å². The minimum atomic E-state index is -0.528. The van der Waals surface area contributed by atoms with Gasteiger partial charge in [0.25, 0.3) is 5.91 Å². The van der Waals surface area contributed by atoms with Crippen LogP contribution >= 0.6 is 47.8 Å². The molecule has 0 atom stereocenters. The first-order chi connectivity index (χ1) is 15.3. The average molecular weight is 625 g/mol. The molecule has 0 fully saturated rings. The number of rotatable bonds is 7. The van der Waals surface area contributed by atoms with Crippen LogP contribution < -0.4 is 14.9 Å². The van der Waals surface area contributed by atoms with Gasteiger partial charge in [0.05, 0.1) is 16.3 Å². The van der Waals surface area contributed by atoms with Crippen LogP contribution in [-0.4, -0.2) is 24.7 Å². The molecule has 0 aliphatic heterocycles. The Kier molecular flexibility index (Phi) is 8.60. The summed E-state index contributed by atoms with van der Waals surface area (Å²) in [4.78, 5) is 24.7. The minimum absolute atomic E-state index is 0.185. The van der Waals surface area contributed by atoms with Crippen molar-refractivity contribution in [2.75, 3.05) is 6.61 Å². The summed E-state index contributed by atoms with van der Waals surface area (Å²) in [5.74, 6) is -0.0532. The summed E-state index contributed by atoms with van der Waals surface area (Å²) >= 11 is 10.1. The third kappa shape index (κ3) is 6.75. The van der Waals surface area contributed by atoms with E-state index in [1.54, 1.807) is 36.4 Å². The highest BCUT2D eigenvalue weighted by atomic mass is 79.9. The van der Waals surface area contributed by atoms with Crippen LogP contribution in [0.5, 0.6) is 11.5 Å². The smallest absolute Gasteiger partial charge is 0.343 e. The molecular weight excluding hydrogens is 608 g/mol. The van der Waals surface area contributed by atoms with Gasteiger partial charge in [-0.1, -0.05) is 56.1 Å². The van der Waals surface area contributed by atoms with E-state index in [0.29, 0.717) is 21.3 Å². The van der Waals surface area contributed by atoms with Crippen molar-refractivity contribution in [2.24, 2.45) is 5.10 Å². The highest BCUT2D eigenvalue weighted by molar-refractivity contribution is 9.11. The topological polar surface area (TPSA) is 77.0 Å². The second-order valence-corrected chi connectivity index (χ2v) is 9.24. The summed E-state index contributed by atoms with van der Waals surface area (Å²) < 4.78 is 13.1. The largest absolute Gasteiger partial charge is 0.483 e. The van der Waals surface area contributed by atoms with Crippen LogP contribution in [0.25, 0.3) is 0 Å². The first kappa shape index (κ1) is 24.2. The number of hydrogen-bond donors (Lipinski definition) is 1. The minimum Gasteiger partial charge on any atom is -0.483 e. The molecule has 3 aromatic rings. The number of hydrogen-bond acceptors (Lipinski definition) is 5. The molecular formula is C23H17Br3N2O4. The molecule has 0 spiro atoms. The van der Waals surface area contributed by atoms with E-state index in [2.05, 4.69) is 58.3 Å². The number of halogens is 3. The van der Waals surface area contributed by atoms with Crippen molar-refractivity contribution in [1.82, 2.24) is 5.43 Å². The van der Waals surface area contributed by atoms with Crippen molar-refractivity contribution < 1.29 is 19.1 Å². The molecule has 1 amide bonds. The van der Waals surface area contributed by atoms with Gasteiger partial charge >= 0.3 is 5.97 Å². The van der Waals surface area contributed by atoms with E-state index in [-0.39, 0.29) is 12.4 Å². The Bertz CT molecular complexity index is 1180. The average Bonchev–Trinajstić information content (AvgIpc) is 2.75. The van der Waals surface area contributed by atoms with Gasteiger partial charge in [0.2, 0.25) is 0 Å². The van der Waals surface area contributed by atoms with Gasteiger partial charge < -0.3 is 9.47 Å². The van der Waals surface area contributed by atoms with Crippen molar-refractivity contribution in [1.29, 1.82) is 0 Å². The number of nitrogens with zero attached hydrogens (tertiary/aromatic N) is 1. The molecule has 0 aliphatic rings. The molecule has 0 aromatic heterocycles. The lowest BCUT2D eigenvalue weighted by molar-refractivity contribution is -0.123. The predicted molar refractivity (Wildman–Crippen MR) is 133 cm³/mol. The van der Waals surface area contributed by atoms with Gasteiger partial charge in [-0.2, -0.15) is 5.10 Å².